The average molecular weight is 244 g/mol. The summed E-state index contributed by atoms with van der Waals surface area (Å²) in [6.07, 6.45) is 2.25. The van der Waals surface area contributed by atoms with Crippen LogP contribution in [0.15, 0.2) is 18.2 Å². The summed E-state index contributed by atoms with van der Waals surface area (Å²) in [4.78, 5) is 23.1. The lowest BCUT2D eigenvalue weighted by molar-refractivity contribution is -0.118. The molecule has 3 rings (SSSR count). The summed E-state index contributed by atoms with van der Waals surface area (Å²) in [5.41, 5.74) is 2.79. The molecule has 0 saturated heterocycles. The van der Waals surface area contributed by atoms with E-state index in [9.17, 15) is 9.59 Å². The summed E-state index contributed by atoms with van der Waals surface area (Å²) in [5, 5.41) is 5.77. The molecule has 4 heteroatoms. The number of benzene rings is 1. The second-order valence-electron chi connectivity index (χ2n) is 5.23. The molecule has 1 aromatic rings. The van der Waals surface area contributed by atoms with Gasteiger partial charge in [-0.2, -0.15) is 0 Å². The van der Waals surface area contributed by atoms with Crippen molar-refractivity contribution in [1.29, 1.82) is 0 Å². The third-order valence-corrected chi connectivity index (χ3v) is 3.71. The van der Waals surface area contributed by atoms with Crippen LogP contribution in [0.25, 0.3) is 0 Å². The van der Waals surface area contributed by atoms with Gasteiger partial charge in [0.25, 0.3) is 0 Å². The SMILES string of the molecule is CC1CC1C(=O)Nc1ccc2c(c1)CCC(=O)N2. The third kappa shape index (κ3) is 2.10. The lowest BCUT2D eigenvalue weighted by Gasteiger charge is -2.17. The Morgan fingerprint density at radius 1 is 1.39 bits per heavy atom. The van der Waals surface area contributed by atoms with Crippen molar-refractivity contribution in [3.05, 3.63) is 23.8 Å². The van der Waals surface area contributed by atoms with Crippen LogP contribution in [0.2, 0.25) is 0 Å². The summed E-state index contributed by atoms with van der Waals surface area (Å²) in [5.74, 6) is 0.871. The average Bonchev–Trinajstić information content (AvgIpc) is 3.07. The van der Waals surface area contributed by atoms with Gasteiger partial charge < -0.3 is 10.6 Å². The highest BCUT2D eigenvalue weighted by atomic mass is 16.2. The molecule has 1 fully saturated rings. The molecule has 0 bridgehead atoms. The number of fused-ring (bicyclic) bond motifs is 1. The molecule has 1 aromatic carbocycles. The van der Waals surface area contributed by atoms with Gasteiger partial charge in [0.2, 0.25) is 11.8 Å². The summed E-state index contributed by atoms with van der Waals surface area (Å²) in [6.45, 7) is 2.09. The van der Waals surface area contributed by atoms with E-state index in [2.05, 4.69) is 17.6 Å². The van der Waals surface area contributed by atoms with Crippen LogP contribution < -0.4 is 10.6 Å². The number of amides is 2. The number of hydrogen-bond acceptors (Lipinski definition) is 2. The quantitative estimate of drug-likeness (QED) is 0.837. The minimum atomic E-state index is 0.0612. The van der Waals surface area contributed by atoms with Gasteiger partial charge in [0.05, 0.1) is 0 Å². The Morgan fingerprint density at radius 3 is 2.89 bits per heavy atom. The van der Waals surface area contributed by atoms with E-state index in [0.29, 0.717) is 12.3 Å². The zero-order chi connectivity index (χ0) is 12.7. The first-order valence-corrected chi connectivity index (χ1v) is 6.37. The number of hydrogen-bond donors (Lipinski definition) is 2. The van der Waals surface area contributed by atoms with E-state index in [0.717, 1.165) is 29.8 Å². The number of carbonyl (C=O) groups excluding carboxylic acids is 2. The Kier molecular flexibility index (Phi) is 2.58. The zero-order valence-electron chi connectivity index (χ0n) is 10.3. The molecule has 1 aliphatic heterocycles. The lowest BCUT2D eigenvalue weighted by atomic mass is 10.0. The molecule has 0 aromatic heterocycles. The molecule has 2 amide bonds. The molecule has 1 heterocycles. The molecule has 2 unspecified atom stereocenters. The van der Waals surface area contributed by atoms with Crippen molar-refractivity contribution in [2.45, 2.75) is 26.2 Å². The van der Waals surface area contributed by atoms with Crippen LogP contribution in [-0.4, -0.2) is 11.8 Å². The fraction of sp³-hybridized carbons (Fsp3) is 0.429. The van der Waals surface area contributed by atoms with Gasteiger partial charge in [0, 0.05) is 23.7 Å². The molecule has 2 atom stereocenters. The highest BCUT2D eigenvalue weighted by Gasteiger charge is 2.39. The van der Waals surface area contributed by atoms with Crippen molar-refractivity contribution in [3.8, 4) is 0 Å². The molecular formula is C14H16N2O2. The lowest BCUT2D eigenvalue weighted by Crippen LogP contribution is -2.19. The van der Waals surface area contributed by atoms with Gasteiger partial charge in [-0.1, -0.05) is 6.92 Å². The van der Waals surface area contributed by atoms with Gasteiger partial charge in [-0.05, 0) is 42.5 Å². The smallest absolute Gasteiger partial charge is 0.227 e. The van der Waals surface area contributed by atoms with Crippen LogP contribution in [0, 0.1) is 11.8 Å². The molecule has 0 spiro atoms. The standard InChI is InChI=1S/C14H16N2O2/c1-8-6-11(8)14(18)15-10-3-4-12-9(7-10)2-5-13(17)16-12/h3-4,7-8,11H,2,5-6H2,1H3,(H,15,18)(H,16,17). The van der Waals surface area contributed by atoms with Gasteiger partial charge >= 0.3 is 0 Å². The van der Waals surface area contributed by atoms with E-state index in [1.54, 1.807) is 0 Å². The Morgan fingerprint density at radius 2 is 2.17 bits per heavy atom. The predicted molar refractivity (Wildman–Crippen MR) is 69.3 cm³/mol. The number of rotatable bonds is 2. The molecule has 1 aliphatic carbocycles. The minimum Gasteiger partial charge on any atom is -0.326 e. The molecule has 1 saturated carbocycles. The third-order valence-electron chi connectivity index (χ3n) is 3.71. The van der Waals surface area contributed by atoms with Gasteiger partial charge in [0.15, 0.2) is 0 Å². The van der Waals surface area contributed by atoms with E-state index in [4.69, 9.17) is 0 Å². The maximum Gasteiger partial charge on any atom is 0.227 e. The Balaban J connectivity index is 1.74. The highest BCUT2D eigenvalue weighted by molar-refractivity contribution is 5.97. The number of nitrogens with one attached hydrogen (secondary N) is 2. The first-order valence-electron chi connectivity index (χ1n) is 6.37. The molecule has 0 radical (unpaired) electrons. The van der Waals surface area contributed by atoms with Gasteiger partial charge in [-0.3, -0.25) is 9.59 Å². The van der Waals surface area contributed by atoms with E-state index in [1.165, 1.54) is 0 Å². The highest BCUT2D eigenvalue weighted by Crippen LogP contribution is 2.38. The normalized spacial score (nSPS) is 25.1. The van der Waals surface area contributed by atoms with Crippen molar-refractivity contribution in [2.75, 3.05) is 10.6 Å². The Labute approximate surface area is 106 Å². The van der Waals surface area contributed by atoms with Crippen LogP contribution in [0.1, 0.15) is 25.3 Å². The van der Waals surface area contributed by atoms with Gasteiger partial charge in [0.1, 0.15) is 0 Å². The molecular weight excluding hydrogens is 228 g/mol. The molecule has 2 N–H and O–H groups in total. The summed E-state index contributed by atoms with van der Waals surface area (Å²) < 4.78 is 0. The first-order chi connectivity index (χ1) is 8.63. The second kappa shape index (κ2) is 4.12. The molecule has 18 heavy (non-hydrogen) atoms. The first kappa shape index (κ1) is 11.3. The molecule has 94 valence electrons. The van der Waals surface area contributed by atoms with E-state index in [1.807, 2.05) is 18.2 Å². The molecule has 4 nitrogen and oxygen atoms in total. The van der Waals surface area contributed by atoms with Crippen LogP contribution in [0.5, 0.6) is 0 Å². The predicted octanol–water partition coefficient (Wildman–Crippen LogP) is 2.17. The van der Waals surface area contributed by atoms with E-state index in [-0.39, 0.29) is 17.7 Å². The fourth-order valence-corrected chi connectivity index (χ4v) is 2.38. The second-order valence-corrected chi connectivity index (χ2v) is 5.23. The van der Waals surface area contributed by atoms with Crippen molar-refractivity contribution in [1.82, 2.24) is 0 Å². The maximum absolute atomic E-state index is 11.8. The van der Waals surface area contributed by atoms with Crippen molar-refractivity contribution < 1.29 is 9.59 Å². The van der Waals surface area contributed by atoms with E-state index < -0.39 is 0 Å². The fourth-order valence-electron chi connectivity index (χ4n) is 2.38. The Hall–Kier alpha value is -1.84. The minimum absolute atomic E-state index is 0.0612. The van der Waals surface area contributed by atoms with Crippen molar-refractivity contribution in [3.63, 3.8) is 0 Å². The van der Waals surface area contributed by atoms with Crippen LogP contribution in [-0.2, 0) is 16.0 Å². The number of anilines is 2. The van der Waals surface area contributed by atoms with Crippen LogP contribution in [0.3, 0.4) is 0 Å². The van der Waals surface area contributed by atoms with E-state index >= 15 is 0 Å². The summed E-state index contributed by atoms with van der Waals surface area (Å²) >= 11 is 0. The summed E-state index contributed by atoms with van der Waals surface area (Å²) in [7, 11) is 0. The monoisotopic (exact) mass is 244 g/mol. The molecule has 2 aliphatic rings. The topological polar surface area (TPSA) is 58.2 Å². The van der Waals surface area contributed by atoms with Gasteiger partial charge in [-0.25, -0.2) is 0 Å². The van der Waals surface area contributed by atoms with Crippen LogP contribution in [0.4, 0.5) is 11.4 Å². The van der Waals surface area contributed by atoms with Crippen LogP contribution >= 0.6 is 0 Å². The Bertz CT molecular complexity index is 525. The number of carbonyl (C=O) groups is 2. The van der Waals surface area contributed by atoms with Crippen molar-refractivity contribution >= 4 is 23.2 Å². The van der Waals surface area contributed by atoms with Crippen molar-refractivity contribution in [2.24, 2.45) is 11.8 Å². The number of aryl methyl sites for hydroxylation is 1. The zero-order valence-corrected chi connectivity index (χ0v) is 10.3. The summed E-state index contributed by atoms with van der Waals surface area (Å²) in [6, 6.07) is 5.66. The maximum atomic E-state index is 11.8. The largest absolute Gasteiger partial charge is 0.326 e. The van der Waals surface area contributed by atoms with Gasteiger partial charge in [-0.15, -0.1) is 0 Å².